The zero-order valence-corrected chi connectivity index (χ0v) is 8.12. The molecule has 0 saturated heterocycles. The molecule has 0 saturated carbocycles. The number of amidine groups is 1. The third-order valence-electron chi connectivity index (χ3n) is 1.05. The van der Waals surface area contributed by atoms with Crippen molar-refractivity contribution < 1.29 is 0 Å². The van der Waals surface area contributed by atoms with E-state index in [0.29, 0.717) is 5.84 Å². The van der Waals surface area contributed by atoms with Crippen LogP contribution in [0.5, 0.6) is 0 Å². The van der Waals surface area contributed by atoms with Crippen LogP contribution in [0, 0.1) is 5.41 Å². The first kappa shape index (κ1) is 11.5. The fourth-order valence-electron chi connectivity index (χ4n) is 0.608. The van der Waals surface area contributed by atoms with Crippen molar-refractivity contribution in [3.63, 3.8) is 0 Å². The lowest BCUT2D eigenvalue weighted by Gasteiger charge is -1.99. The minimum Gasteiger partial charge on any atom is -0.289 e. The van der Waals surface area contributed by atoms with E-state index in [4.69, 9.17) is 5.41 Å². The van der Waals surface area contributed by atoms with Crippen LogP contribution in [0.2, 0.25) is 0 Å². The molecular formula is C10H15N3. The molecule has 1 N–H and O–H groups in total. The summed E-state index contributed by atoms with van der Waals surface area (Å²) in [7, 11) is 0. The van der Waals surface area contributed by atoms with Gasteiger partial charge in [0.25, 0.3) is 0 Å². The SMILES string of the molecule is C=C1C=CC=NC1=NC=N.CCC. The quantitative estimate of drug-likeness (QED) is 0.473. The lowest BCUT2D eigenvalue weighted by atomic mass is 10.2. The molecule has 0 bridgehead atoms. The van der Waals surface area contributed by atoms with E-state index in [2.05, 4.69) is 30.4 Å². The molecule has 0 fully saturated rings. The van der Waals surface area contributed by atoms with Crippen LogP contribution in [0.4, 0.5) is 0 Å². The summed E-state index contributed by atoms with van der Waals surface area (Å²) in [5.74, 6) is 0.512. The average Bonchev–Trinajstić information content (AvgIpc) is 2.11. The molecule has 0 radical (unpaired) electrons. The Morgan fingerprint density at radius 2 is 2.23 bits per heavy atom. The van der Waals surface area contributed by atoms with E-state index in [0.717, 1.165) is 11.9 Å². The number of nitrogens with zero attached hydrogens (tertiary/aromatic N) is 2. The molecule has 0 aliphatic carbocycles. The van der Waals surface area contributed by atoms with Crippen molar-refractivity contribution in [2.24, 2.45) is 9.98 Å². The van der Waals surface area contributed by atoms with Gasteiger partial charge >= 0.3 is 0 Å². The van der Waals surface area contributed by atoms with Crippen LogP contribution in [0.15, 0.2) is 34.3 Å². The van der Waals surface area contributed by atoms with Crippen LogP contribution in [0.1, 0.15) is 20.3 Å². The topological polar surface area (TPSA) is 48.6 Å². The van der Waals surface area contributed by atoms with Gasteiger partial charge in [0.2, 0.25) is 0 Å². The maximum absolute atomic E-state index is 6.68. The highest BCUT2D eigenvalue weighted by atomic mass is 14.9. The molecule has 1 rings (SSSR count). The van der Waals surface area contributed by atoms with Gasteiger partial charge < -0.3 is 0 Å². The predicted octanol–water partition coefficient (Wildman–Crippen LogP) is 2.61. The lowest BCUT2D eigenvalue weighted by Crippen LogP contribution is -2.00. The second kappa shape index (κ2) is 7.16. The number of aliphatic imine (C=N–C) groups is 2. The first-order chi connectivity index (χ1) is 6.26. The van der Waals surface area contributed by atoms with Crippen LogP contribution < -0.4 is 0 Å². The van der Waals surface area contributed by atoms with E-state index < -0.39 is 0 Å². The molecule has 1 heterocycles. The maximum Gasteiger partial charge on any atom is 0.160 e. The molecule has 1 aliphatic heterocycles. The van der Waals surface area contributed by atoms with Crippen molar-refractivity contribution in [2.45, 2.75) is 20.3 Å². The van der Waals surface area contributed by atoms with Gasteiger partial charge in [-0.2, -0.15) is 0 Å². The zero-order chi connectivity index (χ0) is 10.1. The minimum absolute atomic E-state index is 0.512. The summed E-state index contributed by atoms with van der Waals surface area (Å²) in [5, 5.41) is 6.68. The van der Waals surface area contributed by atoms with Gasteiger partial charge in [0.05, 0.1) is 0 Å². The monoisotopic (exact) mass is 177 g/mol. The first-order valence-electron chi connectivity index (χ1n) is 4.23. The number of allylic oxidation sites excluding steroid dienone is 1. The Morgan fingerprint density at radius 1 is 1.62 bits per heavy atom. The number of rotatable bonds is 1. The maximum atomic E-state index is 6.68. The third-order valence-corrected chi connectivity index (χ3v) is 1.05. The number of nitrogens with one attached hydrogen (secondary N) is 1. The van der Waals surface area contributed by atoms with Gasteiger partial charge in [0.1, 0.15) is 6.34 Å². The van der Waals surface area contributed by atoms with Crippen LogP contribution >= 0.6 is 0 Å². The van der Waals surface area contributed by atoms with Crippen molar-refractivity contribution in [1.82, 2.24) is 0 Å². The molecule has 13 heavy (non-hydrogen) atoms. The van der Waals surface area contributed by atoms with E-state index in [-0.39, 0.29) is 0 Å². The van der Waals surface area contributed by atoms with Crippen LogP contribution in [-0.2, 0) is 0 Å². The molecule has 0 unspecified atom stereocenters. The summed E-state index contributed by atoms with van der Waals surface area (Å²) in [6.07, 6.45) is 7.41. The highest BCUT2D eigenvalue weighted by Crippen LogP contribution is 2.01. The van der Waals surface area contributed by atoms with Crippen molar-refractivity contribution in [1.29, 1.82) is 5.41 Å². The predicted molar refractivity (Wildman–Crippen MR) is 59.0 cm³/mol. The summed E-state index contributed by atoms with van der Waals surface area (Å²) in [5.41, 5.74) is 0.742. The molecule has 0 atom stereocenters. The summed E-state index contributed by atoms with van der Waals surface area (Å²) in [4.78, 5) is 7.56. The molecule has 70 valence electrons. The molecule has 0 aromatic heterocycles. The Morgan fingerprint density at radius 3 is 2.69 bits per heavy atom. The van der Waals surface area contributed by atoms with Gasteiger partial charge in [-0.05, 0) is 6.08 Å². The minimum atomic E-state index is 0.512. The number of hydrogen-bond acceptors (Lipinski definition) is 1. The highest BCUT2D eigenvalue weighted by molar-refractivity contribution is 6.10. The molecule has 1 aliphatic rings. The van der Waals surface area contributed by atoms with Crippen molar-refractivity contribution >= 4 is 18.4 Å². The first-order valence-corrected chi connectivity index (χ1v) is 4.23. The molecule has 0 spiro atoms. The second-order valence-electron chi connectivity index (χ2n) is 2.45. The van der Waals surface area contributed by atoms with Crippen molar-refractivity contribution in [3.8, 4) is 0 Å². The largest absolute Gasteiger partial charge is 0.289 e. The van der Waals surface area contributed by atoms with Gasteiger partial charge in [-0.1, -0.05) is 32.9 Å². The highest BCUT2D eigenvalue weighted by Gasteiger charge is 1.99. The summed E-state index contributed by atoms with van der Waals surface area (Å²) in [6.45, 7) is 7.93. The summed E-state index contributed by atoms with van der Waals surface area (Å²) < 4.78 is 0. The lowest BCUT2D eigenvalue weighted by molar-refractivity contribution is 1.09. The van der Waals surface area contributed by atoms with E-state index in [9.17, 15) is 0 Å². The second-order valence-corrected chi connectivity index (χ2v) is 2.45. The Kier molecular flexibility index (Phi) is 6.32. The van der Waals surface area contributed by atoms with Gasteiger partial charge in [-0.15, -0.1) is 0 Å². The van der Waals surface area contributed by atoms with Crippen LogP contribution in [0.3, 0.4) is 0 Å². The summed E-state index contributed by atoms with van der Waals surface area (Å²) in [6, 6.07) is 0. The Hall–Kier alpha value is -1.51. The Balaban J connectivity index is 0.000000424. The third kappa shape index (κ3) is 4.85. The van der Waals surface area contributed by atoms with E-state index in [1.807, 2.05) is 0 Å². The van der Waals surface area contributed by atoms with Crippen LogP contribution in [-0.4, -0.2) is 18.4 Å². The molecule has 0 amide bonds. The normalized spacial score (nSPS) is 16.8. The van der Waals surface area contributed by atoms with Gasteiger partial charge in [0.15, 0.2) is 5.84 Å². The zero-order valence-electron chi connectivity index (χ0n) is 8.12. The average molecular weight is 177 g/mol. The smallest absolute Gasteiger partial charge is 0.160 e. The van der Waals surface area contributed by atoms with Gasteiger partial charge in [0, 0.05) is 11.8 Å². The molecule has 3 heteroatoms. The van der Waals surface area contributed by atoms with Gasteiger partial charge in [-0.25, -0.2) is 9.98 Å². The van der Waals surface area contributed by atoms with Crippen molar-refractivity contribution in [2.75, 3.05) is 0 Å². The summed E-state index contributed by atoms with van der Waals surface area (Å²) >= 11 is 0. The Labute approximate surface area is 79.1 Å². The van der Waals surface area contributed by atoms with E-state index in [1.165, 1.54) is 6.42 Å². The molecule has 0 aromatic rings. The van der Waals surface area contributed by atoms with Crippen LogP contribution in [0.25, 0.3) is 0 Å². The van der Waals surface area contributed by atoms with Gasteiger partial charge in [-0.3, -0.25) is 5.41 Å². The Bertz CT molecular complexity index is 259. The molecule has 3 nitrogen and oxygen atoms in total. The van der Waals surface area contributed by atoms with Crippen molar-refractivity contribution in [3.05, 3.63) is 24.3 Å². The fourth-order valence-corrected chi connectivity index (χ4v) is 0.608. The fraction of sp³-hybridized carbons (Fsp3) is 0.300. The molecular weight excluding hydrogens is 162 g/mol. The van der Waals surface area contributed by atoms with E-state index >= 15 is 0 Å². The molecule has 0 aromatic carbocycles. The number of hydrogen-bond donors (Lipinski definition) is 1. The number of dihydropyridines is 1. The standard InChI is InChI=1S/C7H7N3.C3H8/c1-6-3-2-4-9-7(6)10-5-8;1-3-2/h2-5,8H,1H2;3H2,1-2H3. The van der Waals surface area contributed by atoms with E-state index in [1.54, 1.807) is 18.4 Å².